The average Bonchev–Trinajstić information content (AvgIpc) is 3.19. The Morgan fingerprint density at radius 2 is 0.643 bits per heavy atom. The molecule has 0 aromatic rings. The number of allylic oxidation sites excluding steroid dienone is 6. The maximum absolute atomic E-state index is 12.7. The second-order valence-electron chi connectivity index (χ2n) is 16.0. The highest BCUT2D eigenvalue weighted by Crippen LogP contribution is 2.14. The highest BCUT2D eigenvalue weighted by molar-refractivity contribution is 5.71. The van der Waals surface area contributed by atoms with Gasteiger partial charge in [-0.2, -0.15) is 0 Å². The molecule has 6 nitrogen and oxygen atoms in total. The molecule has 6 heteroatoms. The largest absolute Gasteiger partial charge is 0.462 e. The third-order valence-corrected chi connectivity index (χ3v) is 10.4. The molecule has 0 saturated carbocycles. The van der Waals surface area contributed by atoms with Crippen LogP contribution < -0.4 is 0 Å². The predicted molar refractivity (Wildman–Crippen MR) is 238 cm³/mol. The molecule has 0 radical (unpaired) electrons. The molecule has 0 aliphatic heterocycles. The summed E-state index contributed by atoms with van der Waals surface area (Å²) in [7, 11) is 0. The molecule has 0 aliphatic carbocycles. The smallest absolute Gasteiger partial charge is 0.306 e. The Labute approximate surface area is 346 Å². The lowest BCUT2D eigenvalue weighted by molar-refractivity contribution is -0.167. The van der Waals surface area contributed by atoms with E-state index in [0.29, 0.717) is 19.3 Å². The van der Waals surface area contributed by atoms with E-state index in [1.807, 2.05) is 0 Å². The van der Waals surface area contributed by atoms with Crippen molar-refractivity contribution in [3.63, 3.8) is 0 Å². The Hall–Kier alpha value is -2.37. The van der Waals surface area contributed by atoms with Gasteiger partial charge >= 0.3 is 17.9 Å². The fourth-order valence-electron chi connectivity index (χ4n) is 6.70. The molecule has 0 aliphatic rings. The van der Waals surface area contributed by atoms with E-state index < -0.39 is 6.10 Å². The second-order valence-corrected chi connectivity index (χ2v) is 16.0. The maximum Gasteiger partial charge on any atom is 0.306 e. The van der Waals surface area contributed by atoms with E-state index in [2.05, 4.69) is 57.2 Å². The van der Waals surface area contributed by atoms with Gasteiger partial charge < -0.3 is 14.2 Å². The first-order chi connectivity index (χ1) is 27.5. The summed E-state index contributed by atoms with van der Waals surface area (Å²) < 4.78 is 16.6. The van der Waals surface area contributed by atoms with Crippen molar-refractivity contribution in [2.24, 2.45) is 0 Å². The van der Waals surface area contributed by atoms with Crippen LogP contribution in [0.4, 0.5) is 0 Å². The Morgan fingerprint density at radius 3 is 1.02 bits per heavy atom. The highest BCUT2D eigenvalue weighted by atomic mass is 16.6. The van der Waals surface area contributed by atoms with Crippen LogP contribution in [0.1, 0.15) is 245 Å². The number of carbonyl (C=O) groups excluding carboxylic acids is 3. The maximum atomic E-state index is 12.7. The van der Waals surface area contributed by atoms with Gasteiger partial charge in [0, 0.05) is 19.3 Å². The minimum Gasteiger partial charge on any atom is -0.462 e. The monoisotopic (exact) mass is 787 g/mol. The molecule has 0 rings (SSSR count). The van der Waals surface area contributed by atoms with Crippen LogP contribution in [0.2, 0.25) is 0 Å². The van der Waals surface area contributed by atoms with Gasteiger partial charge in [0.25, 0.3) is 0 Å². The quantitative estimate of drug-likeness (QED) is 0.0265. The number of rotatable bonds is 43. The molecule has 1 unspecified atom stereocenters. The lowest BCUT2D eigenvalue weighted by atomic mass is 10.1. The first-order valence-electron chi connectivity index (χ1n) is 24.0. The molecular formula is C50H90O6. The van der Waals surface area contributed by atoms with Crippen molar-refractivity contribution < 1.29 is 28.6 Å². The summed E-state index contributed by atoms with van der Waals surface area (Å²) in [4.78, 5) is 37.6. The van der Waals surface area contributed by atoms with Crippen LogP contribution in [-0.2, 0) is 28.6 Å². The molecule has 0 spiro atoms. The first kappa shape index (κ1) is 53.6. The number of hydrogen-bond donors (Lipinski definition) is 0. The van der Waals surface area contributed by atoms with Gasteiger partial charge in [0.1, 0.15) is 13.2 Å². The van der Waals surface area contributed by atoms with Crippen LogP contribution in [0.25, 0.3) is 0 Å². The number of unbranched alkanes of at least 4 members (excludes halogenated alkanes) is 26. The standard InChI is InChI=1S/C50H90O6/c1-4-7-10-13-16-18-20-22-24-25-26-27-29-30-32-34-37-40-43-49(52)55-46-47(45-54-48(51)42-39-36-15-12-9-6-3)56-50(53)44-41-38-35-33-31-28-23-21-19-17-14-11-8-5-2/h18,20-21,23-25,47H,4-17,19,22,26-46H2,1-3H3/b20-18-,23-21-,25-24-. The van der Waals surface area contributed by atoms with E-state index in [0.717, 1.165) is 77.0 Å². The molecule has 0 fully saturated rings. The normalized spacial score (nSPS) is 12.3. The molecular weight excluding hydrogens is 697 g/mol. The van der Waals surface area contributed by atoms with Crippen LogP contribution in [-0.4, -0.2) is 37.2 Å². The van der Waals surface area contributed by atoms with Gasteiger partial charge in [-0.25, -0.2) is 0 Å². The van der Waals surface area contributed by atoms with Gasteiger partial charge in [0.2, 0.25) is 0 Å². The summed E-state index contributed by atoms with van der Waals surface area (Å²) in [6.45, 7) is 6.54. The van der Waals surface area contributed by atoms with E-state index in [1.54, 1.807) is 0 Å². The zero-order valence-corrected chi connectivity index (χ0v) is 37.2. The predicted octanol–water partition coefficient (Wildman–Crippen LogP) is 15.4. The fraction of sp³-hybridized carbons (Fsp3) is 0.820. The third-order valence-electron chi connectivity index (χ3n) is 10.4. The Bertz CT molecular complexity index is 953. The van der Waals surface area contributed by atoms with Gasteiger partial charge in [-0.05, 0) is 77.0 Å². The molecule has 0 N–H and O–H groups in total. The number of esters is 3. The van der Waals surface area contributed by atoms with Crippen LogP contribution in [0.15, 0.2) is 36.5 Å². The molecule has 0 amide bonds. The second kappa shape index (κ2) is 45.3. The van der Waals surface area contributed by atoms with Crippen molar-refractivity contribution in [2.75, 3.05) is 13.2 Å². The van der Waals surface area contributed by atoms with Crippen molar-refractivity contribution in [1.82, 2.24) is 0 Å². The average molecular weight is 787 g/mol. The minimum atomic E-state index is -0.773. The van der Waals surface area contributed by atoms with Crippen LogP contribution in [0, 0.1) is 0 Å². The zero-order valence-electron chi connectivity index (χ0n) is 37.2. The van der Waals surface area contributed by atoms with Gasteiger partial charge in [0.15, 0.2) is 6.10 Å². The summed E-state index contributed by atoms with van der Waals surface area (Å²) in [5, 5.41) is 0. The molecule has 56 heavy (non-hydrogen) atoms. The summed E-state index contributed by atoms with van der Waals surface area (Å²) in [6.07, 6.45) is 51.4. The Balaban J connectivity index is 4.25. The summed E-state index contributed by atoms with van der Waals surface area (Å²) in [5.41, 5.74) is 0. The summed E-state index contributed by atoms with van der Waals surface area (Å²) in [5.74, 6) is -0.900. The van der Waals surface area contributed by atoms with Crippen molar-refractivity contribution in [3.8, 4) is 0 Å². The highest BCUT2D eigenvalue weighted by Gasteiger charge is 2.19. The van der Waals surface area contributed by atoms with Crippen LogP contribution >= 0.6 is 0 Å². The molecule has 326 valence electrons. The SMILES string of the molecule is CCCCCC/C=C\C/C=C\CCCCCCCCCC(=O)OCC(COC(=O)CCCCCCCC)OC(=O)CCCCCCC/C=C\CCCCCCC. The van der Waals surface area contributed by atoms with Gasteiger partial charge in [-0.3, -0.25) is 14.4 Å². The van der Waals surface area contributed by atoms with Crippen LogP contribution in [0.3, 0.4) is 0 Å². The van der Waals surface area contributed by atoms with Crippen molar-refractivity contribution >= 4 is 17.9 Å². The number of hydrogen-bond acceptors (Lipinski definition) is 6. The van der Waals surface area contributed by atoms with E-state index in [1.165, 1.54) is 128 Å². The molecule has 0 aromatic carbocycles. The molecule has 0 heterocycles. The van der Waals surface area contributed by atoms with E-state index >= 15 is 0 Å². The van der Waals surface area contributed by atoms with Gasteiger partial charge in [0.05, 0.1) is 0 Å². The van der Waals surface area contributed by atoms with Gasteiger partial charge in [-0.1, -0.05) is 186 Å². The Morgan fingerprint density at radius 1 is 0.357 bits per heavy atom. The van der Waals surface area contributed by atoms with Crippen molar-refractivity contribution in [1.29, 1.82) is 0 Å². The Kier molecular flexibility index (Phi) is 43.4. The lowest BCUT2D eigenvalue weighted by Crippen LogP contribution is -2.30. The topological polar surface area (TPSA) is 78.9 Å². The number of ether oxygens (including phenoxy) is 3. The lowest BCUT2D eigenvalue weighted by Gasteiger charge is -2.18. The zero-order chi connectivity index (χ0) is 40.8. The first-order valence-corrected chi connectivity index (χ1v) is 24.0. The molecule has 0 aromatic heterocycles. The fourth-order valence-corrected chi connectivity index (χ4v) is 6.70. The summed E-state index contributed by atoms with van der Waals surface area (Å²) >= 11 is 0. The van der Waals surface area contributed by atoms with Crippen molar-refractivity contribution in [3.05, 3.63) is 36.5 Å². The molecule has 0 bridgehead atoms. The molecule has 1 atom stereocenters. The van der Waals surface area contributed by atoms with E-state index in [4.69, 9.17) is 14.2 Å². The third kappa shape index (κ3) is 42.8. The van der Waals surface area contributed by atoms with E-state index in [-0.39, 0.29) is 31.1 Å². The van der Waals surface area contributed by atoms with Gasteiger partial charge in [-0.15, -0.1) is 0 Å². The van der Waals surface area contributed by atoms with E-state index in [9.17, 15) is 14.4 Å². The van der Waals surface area contributed by atoms with Crippen LogP contribution in [0.5, 0.6) is 0 Å². The van der Waals surface area contributed by atoms with Crippen molar-refractivity contribution in [2.45, 2.75) is 252 Å². The minimum absolute atomic E-state index is 0.0774. The molecule has 0 saturated heterocycles. The summed E-state index contributed by atoms with van der Waals surface area (Å²) in [6, 6.07) is 0. The number of carbonyl (C=O) groups is 3.